The lowest BCUT2D eigenvalue weighted by Gasteiger charge is -2.08. The Morgan fingerprint density at radius 3 is 2.74 bits per heavy atom. The molecule has 0 saturated heterocycles. The van der Waals surface area contributed by atoms with Crippen LogP contribution in [0.25, 0.3) is 10.9 Å². The second kappa shape index (κ2) is 7.88. The van der Waals surface area contributed by atoms with E-state index in [-0.39, 0.29) is 24.0 Å². The number of para-hydroxylation sites is 1. The molecule has 5 nitrogen and oxygen atoms in total. The van der Waals surface area contributed by atoms with Crippen molar-refractivity contribution < 1.29 is 9.59 Å². The summed E-state index contributed by atoms with van der Waals surface area (Å²) in [6.07, 6.45) is 5.54. The fourth-order valence-corrected chi connectivity index (χ4v) is 4.22. The van der Waals surface area contributed by atoms with Crippen molar-refractivity contribution in [2.75, 3.05) is 5.75 Å². The van der Waals surface area contributed by atoms with Crippen LogP contribution >= 0.6 is 11.8 Å². The largest absolute Gasteiger partial charge is 0.361 e. The normalized spacial score (nSPS) is 12.7. The van der Waals surface area contributed by atoms with Gasteiger partial charge in [0, 0.05) is 22.0 Å². The molecule has 0 bridgehead atoms. The van der Waals surface area contributed by atoms with E-state index in [2.05, 4.69) is 34.0 Å². The molecule has 138 valence electrons. The van der Waals surface area contributed by atoms with E-state index in [0.717, 1.165) is 34.2 Å². The van der Waals surface area contributed by atoms with Gasteiger partial charge in [0.15, 0.2) is 0 Å². The number of carbonyl (C=O) groups is 2. The van der Waals surface area contributed by atoms with Gasteiger partial charge in [0.1, 0.15) is 0 Å². The van der Waals surface area contributed by atoms with Crippen LogP contribution in [0.2, 0.25) is 0 Å². The van der Waals surface area contributed by atoms with Gasteiger partial charge < -0.3 is 4.98 Å². The molecular formula is C21H21N3O2S. The number of hydrogen-bond acceptors (Lipinski definition) is 3. The predicted octanol–water partition coefficient (Wildman–Crippen LogP) is 3.14. The number of thioether (sulfide) groups is 1. The number of aromatic amines is 1. The Balaban J connectivity index is 1.24. The lowest BCUT2D eigenvalue weighted by atomic mass is 10.1. The molecule has 3 N–H and O–H groups in total. The predicted molar refractivity (Wildman–Crippen MR) is 107 cm³/mol. The van der Waals surface area contributed by atoms with Crippen LogP contribution in [0.5, 0.6) is 0 Å². The molecule has 2 amide bonds. The van der Waals surface area contributed by atoms with Crippen LogP contribution in [-0.4, -0.2) is 22.6 Å². The summed E-state index contributed by atoms with van der Waals surface area (Å²) in [4.78, 5) is 28.4. The maximum Gasteiger partial charge on any atom is 0.248 e. The number of aryl methyl sites for hydroxylation is 2. The summed E-state index contributed by atoms with van der Waals surface area (Å²) in [7, 11) is 0. The Morgan fingerprint density at radius 2 is 1.81 bits per heavy atom. The van der Waals surface area contributed by atoms with Crippen LogP contribution in [0.4, 0.5) is 0 Å². The zero-order chi connectivity index (χ0) is 18.6. The molecule has 3 aromatic rings. The molecule has 27 heavy (non-hydrogen) atoms. The Labute approximate surface area is 161 Å². The standard InChI is InChI=1S/C21H21N3O2S/c25-20(11-16-12-22-19-7-2-1-6-18(16)19)23-24-21(26)13-27-17-9-8-14-4-3-5-15(14)10-17/h1-2,6-10,12,22H,3-5,11,13H2,(H,23,25)(H,24,26). The maximum atomic E-state index is 12.1. The number of carbonyl (C=O) groups excluding carboxylic acids is 2. The van der Waals surface area contributed by atoms with Crippen molar-refractivity contribution in [2.45, 2.75) is 30.6 Å². The van der Waals surface area contributed by atoms with E-state index in [1.807, 2.05) is 30.5 Å². The van der Waals surface area contributed by atoms with Gasteiger partial charge in [-0.3, -0.25) is 20.4 Å². The first kappa shape index (κ1) is 17.7. The van der Waals surface area contributed by atoms with E-state index in [9.17, 15) is 9.59 Å². The molecule has 0 spiro atoms. The quantitative estimate of drug-likeness (QED) is 0.471. The molecule has 0 radical (unpaired) electrons. The molecule has 1 aromatic heterocycles. The Kier molecular flexibility index (Phi) is 5.16. The third-order valence-corrected chi connectivity index (χ3v) is 5.80. The second-order valence-electron chi connectivity index (χ2n) is 6.71. The highest BCUT2D eigenvalue weighted by molar-refractivity contribution is 8.00. The van der Waals surface area contributed by atoms with Crippen LogP contribution in [0.1, 0.15) is 23.1 Å². The van der Waals surface area contributed by atoms with Crippen molar-refractivity contribution in [1.82, 2.24) is 15.8 Å². The first-order valence-corrected chi connectivity index (χ1v) is 10.0. The third kappa shape index (κ3) is 4.17. The number of hydrazine groups is 1. The average Bonchev–Trinajstić information content (AvgIpc) is 3.31. The van der Waals surface area contributed by atoms with Crippen LogP contribution in [-0.2, 0) is 28.9 Å². The van der Waals surface area contributed by atoms with E-state index in [0.29, 0.717) is 0 Å². The number of benzene rings is 2. The van der Waals surface area contributed by atoms with Crippen molar-refractivity contribution in [3.8, 4) is 0 Å². The van der Waals surface area contributed by atoms with Crippen molar-refractivity contribution in [2.24, 2.45) is 0 Å². The van der Waals surface area contributed by atoms with E-state index in [1.165, 1.54) is 29.3 Å². The molecule has 0 atom stereocenters. The van der Waals surface area contributed by atoms with Crippen molar-refractivity contribution in [1.29, 1.82) is 0 Å². The molecule has 1 aliphatic carbocycles. The molecule has 2 aromatic carbocycles. The summed E-state index contributed by atoms with van der Waals surface area (Å²) in [6, 6.07) is 14.2. The van der Waals surface area contributed by atoms with Crippen LogP contribution in [0, 0.1) is 0 Å². The molecule has 1 heterocycles. The molecule has 0 aliphatic heterocycles. The van der Waals surface area contributed by atoms with Gasteiger partial charge in [0.05, 0.1) is 12.2 Å². The van der Waals surface area contributed by atoms with Crippen LogP contribution in [0.15, 0.2) is 53.6 Å². The van der Waals surface area contributed by atoms with Gasteiger partial charge in [-0.25, -0.2) is 0 Å². The second-order valence-corrected chi connectivity index (χ2v) is 7.75. The van der Waals surface area contributed by atoms with Gasteiger partial charge in [-0.1, -0.05) is 24.3 Å². The minimum Gasteiger partial charge on any atom is -0.361 e. The van der Waals surface area contributed by atoms with E-state index < -0.39 is 0 Å². The van der Waals surface area contributed by atoms with E-state index in [4.69, 9.17) is 0 Å². The maximum absolute atomic E-state index is 12.1. The van der Waals surface area contributed by atoms with Gasteiger partial charge >= 0.3 is 0 Å². The molecule has 0 unspecified atom stereocenters. The number of amides is 2. The fraction of sp³-hybridized carbons (Fsp3) is 0.238. The van der Waals surface area contributed by atoms with Gasteiger partial charge in [-0.2, -0.15) is 0 Å². The number of aromatic nitrogens is 1. The monoisotopic (exact) mass is 379 g/mol. The molecule has 6 heteroatoms. The molecule has 1 aliphatic rings. The number of hydrogen-bond donors (Lipinski definition) is 3. The summed E-state index contributed by atoms with van der Waals surface area (Å²) in [6.45, 7) is 0. The Hall–Kier alpha value is -2.73. The molecule has 0 saturated carbocycles. The first-order valence-electron chi connectivity index (χ1n) is 9.06. The highest BCUT2D eigenvalue weighted by Crippen LogP contribution is 2.27. The minimum atomic E-state index is -0.240. The van der Waals surface area contributed by atoms with E-state index >= 15 is 0 Å². The smallest absolute Gasteiger partial charge is 0.248 e. The summed E-state index contributed by atoms with van der Waals surface area (Å²) in [5, 5.41) is 1.02. The highest BCUT2D eigenvalue weighted by atomic mass is 32.2. The molecule has 4 rings (SSSR count). The van der Waals surface area contributed by atoms with Crippen molar-refractivity contribution >= 4 is 34.5 Å². The van der Waals surface area contributed by atoms with Crippen molar-refractivity contribution in [3.63, 3.8) is 0 Å². The zero-order valence-electron chi connectivity index (χ0n) is 14.9. The number of nitrogens with one attached hydrogen (secondary N) is 3. The van der Waals surface area contributed by atoms with Gasteiger partial charge in [-0.15, -0.1) is 11.8 Å². The van der Waals surface area contributed by atoms with Gasteiger partial charge in [0.25, 0.3) is 0 Å². The SMILES string of the molecule is O=C(CSc1ccc2c(c1)CCC2)NNC(=O)Cc1c[nH]c2ccccc12. The zero-order valence-corrected chi connectivity index (χ0v) is 15.7. The Bertz CT molecular complexity index is 996. The number of fused-ring (bicyclic) bond motifs is 2. The summed E-state index contributed by atoms with van der Waals surface area (Å²) >= 11 is 1.49. The highest BCUT2D eigenvalue weighted by Gasteiger charge is 2.12. The van der Waals surface area contributed by atoms with Crippen molar-refractivity contribution in [3.05, 3.63) is 65.4 Å². The molecule has 0 fully saturated rings. The molecular weight excluding hydrogens is 358 g/mol. The van der Waals surface area contributed by atoms with Crippen LogP contribution < -0.4 is 10.9 Å². The minimum absolute atomic E-state index is 0.211. The van der Waals surface area contributed by atoms with Gasteiger partial charge in [-0.05, 0) is 54.2 Å². The van der Waals surface area contributed by atoms with E-state index in [1.54, 1.807) is 0 Å². The number of H-pyrrole nitrogens is 1. The Morgan fingerprint density at radius 1 is 1.00 bits per heavy atom. The lowest BCUT2D eigenvalue weighted by molar-refractivity contribution is -0.127. The first-order chi connectivity index (χ1) is 13.2. The van der Waals surface area contributed by atoms with Crippen LogP contribution in [0.3, 0.4) is 0 Å². The third-order valence-electron chi connectivity index (χ3n) is 4.81. The fourth-order valence-electron chi connectivity index (χ4n) is 3.46. The summed E-state index contributed by atoms with van der Waals surface area (Å²) in [5.74, 6) is -0.185. The lowest BCUT2D eigenvalue weighted by Crippen LogP contribution is -2.43. The summed E-state index contributed by atoms with van der Waals surface area (Å²) < 4.78 is 0. The number of rotatable bonds is 5. The average molecular weight is 379 g/mol. The van der Waals surface area contributed by atoms with Gasteiger partial charge in [0.2, 0.25) is 11.8 Å². The summed E-state index contributed by atoms with van der Waals surface area (Å²) in [5.41, 5.74) is 9.72. The topological polar surface area (TPSA) is 74.0 Å².